The lowest BCUT2D eigenvalue weighted by Crippen LogP contribution is -2.40. The van der Waals surface area contributed by atoms with E-state index in [9.17, 15) is 4.79 Å². The number of nitrogens with one attached hydrogen (secondary N) is 2. The number of aromatic nitrogens is 1. The number of amides is 2. The molecule has 0 spiro atoms. The van der Waals surface area contributed by atoms with Crippen LogP contribution in [0.15, 0.2) is 30.5 Å². The van der Waals surface area contributed by atoms with Crippen LogP contribution in [-0.2, 0) is 6.54 Å². The molecule has 2 amide bonds. The van der Waals surface area contributed by atoms with Crippen molar-refractivity contribution in [3.63, 3.8) is 0 Å². The Morgan fingerprint density at radius 1 is 1.47 bits per heavy atom. The maximum absolute atomic E-state index is 11.7. The van der Waals surface area contributed by atoms with Gasteiger partial charge in [0.25, 0.3) is 0 Å². The van der Waals surface area contributed by atoms with Gasteiger partial charge in [-0.05, 0) is 18.1 Å². The molecule has 0 fully saturated rings. The second-order valence-electron chi connectivity index (χ2n) is 4.49. The number of nitrogens with zero attached hydrogens (tertiary/aromatic N) is 1. The minimum Gasteiger partial charge on any atom is -0.396 e. The Kier molecular flexibility index (Phi) is 4.76. The van der Waals surface area contributed by atoms with Gasteiger partial charge >= 0.3 is 6.03 Å². The molecule has 0 aromatic carbocycles. The van der Waals surface area contributed by atoms with Crippen LogP contribution >= 0.6 is 11.6 Å². The van der Waals surface area contributed by atoms with E-state index in [2.05, 4.69) is 15.6 Å². The summed E-state index contributed by atoms with van der Waals surface area (Å²) in [5, 5.41) is 15.0. The molecule has 0 bridgehead atoms. The van der Waals surface area contributed by atoms with Crippen LogP contribution in [0.4, 0.5) is 4.79 Å². The predicted octanol–water partition coefficient (Wildman–Crippen LogP) is 1.47. The molecule has 1 aromatic heterocycles. The van der Waals surface area contributed by atoms with E-state index >= 15 is 0 Å². The highest BCUT2D eigenvalue weighted by Gasteiger charge is 2.19. The van der Waals surface area contributed by atoms with E-state index in [1.807, 2.05) is 18.2 Å². The second-order valence-corrected chi connectivity index (χ2v) is 4.87. The molecule has 1 aliphatic carbocycles. The summed E-state index contributed by atoms with van der Waals surface area (Å²) in [5.74, 6) is 0.144. The fourth-order valence-corrected chi connectivity index (χ4v) is 2.04. The fraction of sp³-hybridized carbons (Fsp3) is 0.385. The monoisotopic (exact) mass is 281 g/mol. The first-order valence-corrected chi connectivity index (χ1v) is 6.49. The van der Waals surface area contributed by atoms with Gasteiger partial charge in [-0.25, -0.2) is 9.78 Å². The zero-order chi connectivity index (χ0) is 13.7. The minimum absolute atomic E-state index is 0.0134. The average molecular weight is 282 g/mol. The SMILES string of the molecule is O=C(NCc1ccc(Cl)nc1)N[C@@H]1C=C[C@H](CO)C1. The van der Waals surface area contributed by atoms with Gasteiger partial charge in [0.15, 0.2) is 0 Å². The zero-order valence-corrected chi connectivity index (χ0v) is 11.1. The molecule has 1 heterocycles. The van der Waals surface area contributed by atoms with Crippen molar-refractivity contribution >= 4 is 17.6 Å². The molecule has 0 saturated carbocycles. The summed E-state index contributed by atoms with van der Waals surface area (Å²) in [7, 11) is 0. The van der Waals surface area contributed by atoms with Crippen molar-refractivity contribution in [3.8, 4) is 0 Å². The first kappa shape index (κ1) is 13.8. The Balaban J connectivity index is 1.73. The third-order valence-electron chi connectivity index (χ3n) is 2.96. The van der Waals surface area contributed by atoms with Crippen LogP contribution in [0, 0.1) is 5.92 Å². The predicted molar refractivity (Wildman–Crippen MR) is 72.7 cm³/mol. The van der Waals surface area contributed by atoms with E-state index in [1.54, 1.807) is 12.3 Å². The molecule has 1 aliphatic rings. The molecule has 0 aliphatic heterocycles. The van der Waals surface area contributed by atoms with Gasteiger partial charge < -0.3 is 15.7 Å². The van der Waals surface area contributed by atoms with E-state index in [-0.39, 0.29) is 24.6 Å². The largest absolute Gasteiger partial charge is 0.396 e. The van der Waals surface area contributed by atoms with Gasteiger partial charge in [0.05, 0.1) is 0 Å². The second kappa shape index (κ2) is 6.54. The van der Waals surface area contributed by atoms with Crippen LogP contribution in [0.3, 0.4) is 0 Å². The summed E-state index contributed by atoms with van der Waals surface area (Å²) in [6, 6.07) is 3.25. The standard InChI is InChI=1S/C13H16ClN3O2/c14-12-4-2-10(6-15-12)7-16-13(19)17-11-3-1-9(5-11)8-18/h1-4,6,9,11,18H,5,7-8H2,(H2,16,17,19)/t9-,11+/m0/s1. The third kappa shape index (κ3) is 4.22. The van der Waals surface area contributed by atoms with Gasteiger partial charge in [0, 0.05) is 31.3 Å². The van der Waals surface area contributed by atoms with Crippen molar-refractivity contribution in [3.05, 3.63) is 41.2 Å². The summed E-state index contributed by atoms with van der Waals surface area (Å²) in [5.41, 5.74) is 0.884. The van der Waals surface area contributed by atoms with Gasteiger partial charge in [-0.2, -0.15) is 0 Å². The Morgan fingerprint density at radius 3 is 2.95 bits per heavy atom. The van der Waals surface area contributed by atoms with Crippen LogP contribution in [0.25, 0.3) is 0 Å². The highest BCUT2D eigenvalue weighted by molar-refractivity contribution is 6.29. The number of rotatable bonds is 4. The lowest BCUT2D eigenvalue weighted by atomic mass is 10.1. The van der Waals surface area contributed by atoms with E-state index < -0.39 is 0 Å². The molecule has 19 heavy (non-hydrogen) atoms. The summed E-state index contributed by atoms with van der Waals surface area (Å²) in [6.45, 7) is 0.516. The van der Waals surface area contributed by atoms with Gasteiger partial charge in [-0.1, -0.05) is 29.8 Å². The number of halogens is 1. The Bertz CT molecular complexity index is 461. The number of pyridine rings is 1. The van der Waals surface area contributed by atoms with Crippen LogP contribution in [0.5, 0.6) is 0 Å². The number of hydrogen-bond donors (Lipinski definition) is 3. The minimum atomic E-state index is -0.233. The van der Waals surface area contributed by atoms with Gasteiger partial charge in [0.1, 0.15) is 5.15 Å². The number of urea groups is 1. The molecule has 0 radical (unpaired) electrons. The topological polar surface area (TPSA) is 74.2 Å². The Labute approximate surface area is 116 Å². The Morgan fingerprint density at radius 2 is 2.32 bits per heavy atom. The molecule has 1 aromatic rings. The zero-order valence-electron chi connectivity index (χ0n) is 10.3. The quantitative estimate of drug-likeness (QED) is 0.578. The number of aliphatic hydroxyl groups is 1. The van der Waals surface area contributed by atoms with Crippen LogP contribution in [-0.4, -0.2) is 28.8 Å². The number of carbonyl (C=O) groups excluding carboxylic acids is 1. The fourth-order valence-electron chi connectivity index (χ4n) is 1.93. The summed E-state index contributed by atoms with van der Waals surface area (Å²) in [6.07, 6.45) is 6.20. The molecule has 5 nitrogen and oxygen atoms in total. The van der Waals surface area contributed by atoms with E-state index in [4.69, 9.17) is 16.7 Å². The van der Waals surface area contributed by atoms with Crippen LogP contribution in [0.2, 0.25) is 5.15 Å². The molecule has 6 heteroatoms. The summed E-state index contributed by atoms with van der Waals surface area (Å²) in [4.78, 5) is 15.6. The molecular weight excluding hydrogens is 266 g/mol. The van der Waals surface area contributed by atoms with Crippen molar-refractivity contribution in [2.45, 2.75) is 19.0 Å². The first-order chi connectivity index (χ1) is 9.17. The number of hydrogen-bond acceptors (Lipinski definition) is 3. The molecule has 0 unspecified atom stereocenters. The van der Waals surface area contributed by atoms with Gasteiger partial charge in [-0.3, -0.25) is 0 Å². The van der Waals surface area contributed by atoms with Crippen LogP contribution < -0.4 is 10.6 Å². The lowest BCUT2D eigenvalue weighted by Gasteiger charge is -2.13. The summed E-state index contributed by atoms with van der Waals surface area (Å²) < 4.78 is 0. The molecule has 0 saturated heterocycles. The lowest BCUT2D eigenvalue weighted by molar-refractivity contribution is 0.231. The molecular formula is C13H16ClN3O2. The first-order valence-electron chi connectivity index (χ1n) is 6.11. The molecule has 2 rings (SSSR count). The third-order valence-corrected chi connectivity index (χ3v) is 3.19. The van der Waals surface area contributed by atoms with Crippen LogP contribution in [0.1, 0.15) is 12.0 Å². The molecule has 3 N–H and O–H groups in total. The van der Waals surface area contributed by atoms with E-state index in [0.717, 1.165) is 12.0 Å². The maximum atomic E-state index is 11.7. The van der Waals surface area contributed by atoms with Gasteiger partial charge in [-0.15, -0.1) is 0 Å². The van der Waals surface area contributed by atoms with E-state index in [0.29, 0.717) is 11.7 Å². The highest BCUT2D eigenvalue weighted by Crippen LogP contribution is 2.16. The Hall–Kier alpha value is -1.59. The van der Waals surface area contributed by atoms with Crippen molar-refractivity contribution in [1.82, 2.24) is 15.6 Å². The van der Waals surface area contributed by atoms with Crippen molar-refractivity contribution in [2.24, 2.45) is 5.92 Å². The highest BCUT2D eigenvalue weighted by atomic mass is 35.5. The van der Waals surface area contributed by atoms with E-state index in [1.165, 1.54) is 0 Å². The average Bonchev–Trinajstić information content (AvgIpc) is 2.86. The van der Waals surface area contributed by atoms with Crippen molar-refractivity contribution in [1.29, 1.82) is 0 Å². The molecule has 102 valence electrons. The normalized spacial score (nSPS) is 21.4. The van der Waals surface area contributed by atoms with Crippen molar-refractivity contribution in [2.75, 3.05) is 6.61 Å². The maximum Gasteiger partial charge on any atom is 0.315 e. The van der Waals surface area contributed by atoms with Crippen molar-refractivity contribution < 1.29 is 9.90 Å². The smallest absolute Gasteiger partial charge is 0.315 e. The number of carbonyl (C=O) groups is 1. The molecule has 2 atom stereocenters. The summed E-state index contributed by atoms with van der Waals surface area (Å²) >= 11 is 5.68. The van der Waals surface area contributed by atoms with Gasteiger partial charge in [0.2, 0.25) is 0 Å². The number of aliphatic hydroxyl groups excluding tert-OH is 1.